The summed E-state index contributed by atoms with van der Waals surface area (Å²) in [6, 6.07) is 9.36. The maximum Gasteiger partial charge on any atom is 0.270 e. The maximum atomic E-state index is 10.9. The first-order valence-corrected chi connectivity index (χ1v) is 8.39. The smallest absolute Gasteiger partial charge is 0.270 e. The second-order valence-electron chi connectivity index (χ2n) is 5.43. The van der Waals surface area contributed by atoms with Gasteiger partial charge in [-0.05, 0) is 33.6 Å². The van der Waals surface area contributed by atoms with Crippen LogP contribution in [-0.4, -0.2) is 33.0 Å². The molecular formula is C17H14BrN5O4. The van der Waals surface area contributed by atoms with Crippen molar-refractivity contribution in [1.29, 1.82) is 0 Å². The van der Waals surface area contributed by atoms with Gasteiger partial charge in [-0.25, -0.2) is 9.66 Å². The number of nitro benzene ring substituents is 1. The van der Waals surface area contributed by atoms with Gasteiger partial charge in [0.1, 0.15) is 0 Å². The molecule has 0 aliphatic rings. The van der Waals surface area contributed by atoms with Gasteiger partial charge in [0.2, 0.25) is 5.95 Å². The second-order valence-corrected chi connectivity index (χ2v) is 6.29. The van der Waals surface area contributed by atoms with Crippen molar-refractivity contribution in [2.45, 2.75) is 0 Å². The van der Waals surface area contributed by atoms with Crippen LogP contribution in [0.2, 0.25) is 0 Å². The van der Waals surface area contributed by atoms with Crippen molar-refractivity contribution >= 4 is 33.8 Å². The number of rotatable bonds is 5. The van der Waals surface area contributed by atoms with Crippen molar-refractivity contribution < 1.29 is 14.8 Å². The number of methoxy groups -OCH3 is 1. The number of aromatic nitrogens is 2. The Morgan fingerprint density at radius 1 is 1.41 bits per heavy atom. The Bertz CT molecular complexity index is 1050. The minimum atomic E-state index is -0.474. The molecule has 0 atom stereocenters. The molecule has 0 saturated carbocycles. The molecule has 0 unspecified atom stereocenters. The molecule has 0 bridgehead atoms. The number of hydrogen-bond donors (Lipinski definition) is 2. The van der Waals surface area contributed by atoms with Gasteiger partial charge < -0.3 is 15.6 Å². The summed E-state index contributed by atoms with van der Waals surface area (Å²) in [5, 5.41) is 25.0. The van der Waals surface area contributed by atoms with Crippen molar-refractivity contribution in [3.63, 3.8) is 0 Å². The van der Waals surface area contributed by atoms with E-state index >= 15 is 0 Å². The Kier molecular flexibility index (Phi) is 5.08. The normalized spacial score (nSPS) is 11.0. The fraction of sp³-hybridized carbons (Fsp3) is 0.0588. The zero-order chi connectivity index (χ0) is 19.6. The van der Waals surface area contributed by atoms with Gasteiger partial charge in [-0.3, -0.25) is 10.1 Å². The van der Waals surface area contributed by atoms with Crippen molar-refractivity contribution in [1.82, 2.24) is 9.66 Å². The molecule has 1 heterocycles. The summed E-state index contributed by atoms with van der Waals surface area (Å²) in [5.41, 5.74) is 7.51. The van der Waals surface area contributed by atoms with Gasteiger partial charge in [0, 0.05) is 17.7 Å². The van der Waals surface area contributed by atoms with Gasteiger partial charge in [0.05, 0.1) is 34.6 Å². The van der Waals surface area contributed by atoms with Gasteiger partial charge in [-0.15, -0.1) is 0 Å². The SMILES string of the molecule is COc1cc(C=Nn2cc(-c3cccc([N+](=O)[O-])c3)nc2N)cc(Br)c1O. The van der Waals surface area contributed by atoms with Crippen molar-refractivity contribution in [2.75, 3.05) is 12.8 Å². The molecule has 0 aliphatic heterocycles. The first-order chi connectivity index (χ1) is 12.9. The van der Waals surface area contributed by atoms with E-state index in [1.165, 1.54) is 30.1 Å². The highest BCUT2D eigenvalue weighted by Gasteiger charge is 2.11. The largest absolute Gasteiger partial charge is 0.503 e. The van der Waals surface area contributed by atoms with Crippen molar-refractivity contribution in [3.8, 4) is 22.8 Å². The first kappa shape index (κ1) is 18.4. The molecule has 3 N–H and O–H groups in total. The summed E-state index contributed by atoms with van der Waals surface area (Å²) in [7, 11) is 1.45. The number of nitrogens with two attached hydrogens (primary N) is 1. The molecule has 3 rings (SSSR count). The van der Waals surface area contributed by atoms with Gasteiger partial charge >= 0.3 is 0 Å². The molecular weight excluding hydrogens is 418 g/mol. The summed E-state index contributed by atoms with van der Waals surface area (Å²) < 4.78 is 6.90. The Labute approximate surface area is 162 Å². The van der Waals surface area contributed by atoms with E-state index in [4.69, 9.17) is 10.5 Å². The third-order valence-corrected chi connectivity index (χ3v) is 4.27. The highest BCUT2D eigenvalue weighted by atomic mass is 79.9. The van der Waals surface area contributed by atoms with Gasteiger partial charge in [-0.1, -0.05) is 12.1 Å². The third kappa shape index (κ3) is 3.90. The van der Waals surface area contributed by atoms with Crippen LogP contribution < -0.4 is 10.5 Å². The molecule has 0 fully saturated rings. The van der Waals surface area contributed by atoms with Crippen LogP contribution in [0.25, 0.3) is 11.3 Å². The zero-order valence-corrected chi connectivity index (χ0v) is 15.6. The number of benzene rings is 2. The average Bonchev–Trinajstić information content (AvgIpc) is 3.03. The number of anilines is 1. The number of hydrogen-bond acceptors (Lipinski definition) is 7. The molecule has 2 aromatic carbocycles. The van der Waals surface area contributed by atoms with E-state index in [0.29, 0.717) is 27.0 Å². The number of non-ortho nitro benzene ring substituents is 1. The van der Waals surface area contributed by atoms with Crippen LogP contribution in [0.4, 0.5) is 11.6 Å². The van der Waals surface area contributed by atoms with E-state index in [1.54, 1.807) is 30.5 Å². The Morgan fingerprint density at radius 3 is 2.89 bits per heavy atom. The molecule has 0 spiro atoms. The summed E-state index contributed by atoms with van der Waals surface area (Å²) in [6.07, 6.45) is 3.08. The van der Waals surface area contributed by atoms with Gasteiger partial charge in [0.25, 0.3) is 5.69 Å². The predicted octanol–water partition coefficient (Wildman–Crippen LogP) is 3.40. The zero-order valence-electron chi connectivity index (χ0n) is 14.0. The minimum Gasteiger partial charge on any atom is -0.503 e. The fourth-order valence-electron chi connectivity index (χ4n) is 2.35. The molecule has 0 radical (unpaired) electrons. The number of nitrogens with zero attached hydrogens (tertiary/aromatic N) is 4. The van der Waals surface area contributed by atoms with Crippen LogP contribution in [-0.2, 0) is 0 Å². The molecule has 1 aromatic heterocycles. The maximum absolute atomic E-state index is 10.9. The highest BCUT2D eigenvalue weighted by Crippen LogP contribution is 2.34. The number of phenols is 1. The summed E-state index contributed by atoms with van der Waals surface area (Å²) in [6.45, 7) is 0. The van der Waals surface area contributed by atoms with Gasteiger partial charge in [0.15, 0.2) is 11.5 Å². The number of ether oxygens (including phenoxy) is 1. The van der Waals surface area contributed by atoms with Crippen LogP contribution in [0.3, 0.4) is 0 Å². The van der Waals surface area contributed by atoms with Crippen LogP contribution >= 0.6 is 15.9 Å². The summed E-state index contributed by atoms with van der Waals surface area (Å²) in [4.78, 5) is 14.6. The van der Waals surface area contributed by atoms with E-state index in [-0.39, 0.29) is 17.4 Å². The Morgan fingerprint density at radius 2 is 2.19 bits per heavy atom. The standard InChI is InChI=1S/C17H14BrN5O4/c1-27-15-6-10(5-13(18)16(15)24)8-20-22-9-14(21-17(22)19)11-3-2-4-12(7-11)23(25)26/h2-9,24H,1H3,(H2,19,21). The monoisotopic (exact) mass is 431 g/mol. The molecule has 3 aromatic rings. The van der Waals surface area contributed by atoms with Crippen molar-refractivity contribution in [3.05, 3.63) is 62.7 Å². The molecule has 0 aliphatic carbocycles. The Balaban J connectivity index is 1.92. The predicted molar refractivity (Wildman–Crippen MR) is 104 cm³/mol. The number of nitrogen functional groups attached to an aromatic ring is 1. The van der Waals surface area contributed by atoms with E-state index in [0.717, 1.165) is 0 Å². The topological polar surface area (TPSA) is 129 Å². The van der Waals surface area contributed by atoms with Crippen LogP contribution in [0, 0.1) is 10.1 Å². The number of phenolic OH excluding ortho intramolecular Hbond substituents is 1. The second kappa shape index (κ2) is 7.46. The summed E-state index contributed by atoms with van der Waals surface area (Å²) in [5.74, 6) is 0.407. The van der Waals surface area contributed by atoms with Gasteiger partial charge in [-0.2, -0.15) is 5.10 Å². The third-order valence-electron chi connectivity index (χ3n) is 3.67. The summed E-state index contributed by atoms with van der Waals surface area (Å²) >= 11 is 3.24. The highest BCUT2D eigenvalue weighted by molar-refractivity contribution is 9.10. The molecule has 0 saturated heterocycles. The first-order valence-electron chi connectivity index (χ1n) is 7.59. The lowest BCUT2D eigenvalue weighted by Crippen LogP contribution is -1.97. The minimum absolute atomic E-state index is 0.00949. The quantitative estimate of drug-likeness (QED) is 0.361. The molecule has 27 heavy (non-hydrogen) atoms. The molecule has 138 valence electrons. The molecule has 10 heteroatoms. The van der Waals surface area contributed by atoms with E-state index in [1.807, 2.05) is 0 Å². The van der Waals surface area contributed by atoms with Crippen LogP contribution in [0.1, 0.15) is 5.56 Å². The van der Waals surface area contributed by atoms with Crippen molar-refractivity contribution in [2.24, 2.45) is 5.10 Å². The Hall–Kier alpha value is -3.40. The number of imidazole rings is 1. The number of nitro groups is 1. The lowest BCUT2D eigenvalue weighted by atomic mass is 10.1. The average molecular weight is 432 g/mol. The van der Waals surface area contributed by atoms with E-state index in [9.17, 15) is 15.2 Å². The van der Waals surface area contributed by atoms with Crippen LogP contribution in [0.5, 0.6) is 11.5 Å². The van der Waals surface area contributed by atoms with E-state index in [2.05, 4.69) is 26.0 Å². The molecule has 0 amide bonds. The van der Waals surface area contributed by atoms with E-state index < -0.39 is 4.92 Å². The van der Waals surface area contributed by atoms with Crippen LogP contribution in [0.15, 0.2) is 52.2 Å². The lowest BCUT2D eigenvalue weighted by molar-refractivity contribution is -0.384. The lowest BCUT2D eigenvalue weighted by Gasteiger charge is -2.06. The molecule has 9 nitrogen and oxygen atoms in total. The number of halogens is 1. The number of aromatic hydroxyl groups is 1. The fourth-order valence-corrected chi connectivity index (χ4v) is 2.81.